The number of benzene rings is 2. The fourth-order valence-corrected chi connectivity index (χ4v) is 5.00. The second kappa shape index (κ2) is 9.54. The summed E-state index contributed by atoms with van der Waals surface area (Å²) < 4.78 is 12.3. The molecular formula is C25H26N4O2S. The average Bonchev–Trinajstić information content (AvgIpc) is 3.50. The third-order valence-electron chi connectivity index (χ3n) is 5.66. The van der Waals surface area contributed by atoms with Crippen LogP contribution in [0.2, 0.25) is 0 Å². The lowest BCUT2D eigenvalue weighted by Crippen LogP contribution is -2.25. The van der Waals surface area contributed by atoms with Crippen LogP contribution in [0.15, 0.2) is 60.9 Å². The molecule has 6 nitrogen and oxygen atoms in total. The van der Waals surface area contributed by atoms with E-state index in [0.717, 1.165) is 56.8 Å². The van der Waals surface area contributed by atoms with Crippen molar-refractivity contribution in [2.45, 2.75) is 12.8 Å². The molecule has 2 aromatic heterocycles. The lowest BCUT2D eigenvalue weighted by molar-refractivity contribution is 0.238. The maximum atomic E-state index is 5.94. The highest BCUT2D eigenvalue weighted by molar-refractivity contribution is 7.22. The van der Waals surface area contributed by atoms with E-state index in [-0.39, 0.29) is 0 Å². The number of likely N-dealkylation sites (tertiary alicyclic amines) is 1. The van der Waals surface area contributed by atoms with E-state index in [4.69, 9.17) is 9.47 Å². The second-order valence-electron chi connectivity index (χ2n) is 7.83. The fourth-order valence-electron chi connectivity index (χ4n) is 3.94. The monoisotopic (exact) mass is 446 g/mol. The first-order chi connectivity index (χ1) is 15.8. The minimum Gasteiger partial charge on any atom is -0.497 e. The molecule has 1 fully saturated rings. The Morgan fingerprint density at radius 3 is 2.66 bits per heavy atom. The number of nitrogens with zero attached hydrogens (tertiary/aromatic N) is 3. The van der Waals surface area contributed by atoms with Crippen molar-refractivity contribution < 1.29 is 9.47 Å². The molecule has 0 spiro atoms. The number of aromatic nitrogens is 2. The van der Waals surface area contributed by atoms with Crippen LogP contribution in [0.1, 0.15) is 12.8 Å². The minimum absolute atomic E-state index is 0.733. The van der Waals surface area contributed by atoms with Crippen molar-refractivity contribution in [1.29, 1.82) is 0 Å². The molecule has 1 N–H and O–H groups in total. The Morgan fingerprint density at radius 1 is 1.00 bits per heavy atom. The van der Waals surface area contributed by atoms with Gasteiger partial charge in [-0.05, 0) is 74.0 Å². The van der Waals surface area contributed by atoms with Gasteiger partial charge in [-0.2, -0.15) is 0 Å². The summed E-state index contributed by atoms with van der Waals surface area (Å²) in [5, 5.41) is 3.40. The van der Waals surface area contributed by atoms with Gasteiger partial charge in [0.05, 0.1) is 17.3 Å². The van der Waals surface area contributed by atoms with Crippen LogP contribution < -0.4 is 14.8 Å². The summed E-state index contributed by atoms with van der Waals surface area (Å²) in [4.78, 5) is 12.5. The van der Waals surface area contributed by atoms with Crippen molar-refractivity contribution in [2.24, 2.45) is 0 Å². The Balaban J connectivity index is 1.30. The second-order valence-corrected chi connectivity index (χ2v) is 8.88. The van der Waals surface area contributed by atoms with Crippen molar-refractivity contribution in [3.8, 4) is 21.9 Å². The molecule has 4 aromatic rings. The van der Waals surface area contributed by atoms with Gasteiger partial charge in [0.15, 0.2) is 5.82 Å². The van der Waals surface area contributed by atoms with Crippen LogP contribution in [0.3, 0.4) is 0 Å². The largest absolute Gasteiger partial charge is 0.497 e. The Labute approximate surface area is 191 Å². The fraction of sp³-hybridized carbons (Fsp3) is 0.280. The van der Waals surface area contributed by atoms with Gasteiger partial charge in [-0.3, -0.25) is 4.90 Å². The third-order valence-corrected chi connectivity index (χ3v) is 6.84. The van der Waals surface area contributed by atoms with E-state index in [1.54, 1.807) is 24.8 Å². The van der Waals surface area contributed by atoms with E-state index in [2.05, 4.69) is 38.4 Å². The average molecular weight is 447 g/mol. The summed E-state index contributed by atoms with van der Waals surface area (Å²) >= 11 is 1.68. The Hall–Kier alpha value is -3.16. The molecule has 3 heterocycles. The van der Waals surface area contributed by atoms with Gasteiger partial charge in [-0.1, -0.05) is 6.07 Å². The first kappa shape index (κ1) is 20.7. The molecule has 2 aromatic carbocycles. The number of thiophene rings is 1. The number of hydrogen-bond acceptors (Lipinski definition) is 7. The molecule has 1 aliphatic rings. The van der Waals surface area contributed by atoms with E-state index in [1.165, 1.54) is 25.9 Å². The number of anilines is 2. The molecule has 0 unspecified atom stereocenters. The number of rotatable bonds is 8. The summed E-state index contributed by atoms with van der Waals surface area (Å²) in [6.45, 7) is 4.13. The van der Waals surface area contributed by atoms with Crippen LogP contribution in [0.25, 0.3) is 20.7 Å². The third kappa shape index (κ3) is 4.69. The minimum atomic E-state index is 0.733. The topological polar surface area (TPSA) is 59.5 Å². The SMILES string of the molecule is COc1cccc(Nc2ncnc3cc(-c4ccc(OCCN5CCCC5)cc4)sc23)c1. The van der Waals surface area contributed by atoms with Gasteiger partial charge in [0, 0.05) is 23.2 Å². The number of fused-ring (bicyclic) bond motifs is 1. The Morgan fingerprint density at radius 2 is 1.84 bits per heavy atom. The zero-order chi connectivity index (χ0) is 21.8. The van der Waals surface area contributed by atoms with Crippen LogP contribution >= 0.6 is 11.3 Å². The van der Waals surface area contributed by atoms with Gasteiger partial charge in [0.25, 0.3) is 0 Å². The number of methoxy groups -OCH3 is 1. The maximum absolute atomic E-state index is 5.94. The molecule has 0 radical (unpaired) electrons. The van der Waals surface area contributed by atoms with E-state index in [9.17, 15) is 0 Å². The molecule has 1 aliphatic heterocycles. The van der Waals surface area contributed by atoms with Gasteiger partial charge in [0.2, 0.25) is 0 Å². The van der Waals surface area contributed by atoms with Crippen molar-refractivity contribution >= 4 is 33.1 Å². The van der Waals surface area contributed by atoms with Crippen LogP contribution in [-0.2, 0) is 0 Å². The normalized spacial score (nSPS) is 14.0. The summed E-state index contributed by atoms with van der Waals surface area (Å²) in [5.41, 5.74) is 3.00. The van der Waals surface area contributed by atoms with Crippen molar-refractivity contribution in [1.82, 2.24) is 14.9 Å². The molecule has 0 saturated carbocycles. The molecule has 5 rings (SSSR count). The van der Waals surface area contributed by atoms with E-state index in [1.807, 2.05) is 36.4 Å². The van der Waals surface area contributed by atoms with Crippen LogP contribution in [0.4, 0.5) is 11.5 Å². The zero-order valence-electron chi connectivity index (χ0n) is 18.1. The quantitative estimate of drug-likeness (QED) is 0.381. The molecule has 0 atom stereocenters. The van der Waals surface area contributed by atoms with Gasteiger partial charge >= 0.3 is 0 Å². The molecule has 32 heavy (non-hydrogen) atoms. The lowest BCUT2D eigenvalue weighted by atomic mass is 10.2. The molecule has 0 aliphatic carbocycles. The van der Waals surface area contributed by atoms with Gasteiger partial charge in [-0.25, -0.2) is 9.97 Å². The Bertz CT molecular complexity index is 1190. The predicted octanol–water partition coefficient (Wildman–Crippen LogP) is 5.59. The predicted molar refractivity (Wildman–Crippen MR) is 130 cm³/mol. The summed E-state index contributed by atoms with van der Waals surface area (Å²) in [6.07, 6.45) is 4.22. The molecular weight excluding hydrogens is 420 g/mol. The molecule has 0 amide bonds. The highest BCUT2D eigenvalue weighted by Crippen LogP contribution is 2.37. The smallest absolute Gasteiger partial charge is 0.151 e. The molecule has 0 bridgehead atoms. The van der Waals surface area contributed by atoms with Gasteiger partial charge in [0.1, 0.15) is 24.4 Å². The first-order valence-electron chi connectivity index (χ1n) is 10.9. The van der Waals surface area contributed by atoms with Crippen molar-refractivity contribution in [3.05, 3.63) is 60.9 Å². The number of ether oxygens (including phenoxy) is 2. The highest BCUT2D eigenvalue weighted by atomic mass is 32.1. The lowest BCUT2D eigenvalue weighted by Gasteiger charge is -2.14. The highest BCUT2D eigenvalue weighted by Gasteiger charge is 2.12. The van der Waals surface area contributed by atoms with E-state index in [0.29, 0.717) is 0 Å². The van der Waals surface area contributed by atoms with Crippen LogP contribution in [0.5, 0.6) is 11.5 Å². The van der Waals surface area contributed by atoms with Crippen molar-refractivity contribution in [2.75, 3.05) is 38.7 Å². The van der Waals surface area contributed by atoms with E-state index >= 15 is 0 Å². The first-order valence-corrected chi connectivity index (χ1v) is 11.7. The summed E-state index contributed by atoms with van der Waals surface area (Å²) in [6, 6.07) is 18.2. The van der Waals surface area contributed by atoms with Crippen LogP contribution in [0, 0.1) is 0 Å². The zero-order valence-corrected chi connectivity index (χ0v) is 18.9. The van der Waals surface area contributed by atoms with Crippen LogP contribution in [-0.4, -0.2) is 48.2 Å². The number of hydrogen-bond donors (Lipinski definition) is 1. The van der Waals surface area contributed by atoms with Crippen molar-refractivity contribution in [3.63, 3.8) is 0 Å². The summed E-state index contributed by atoms with van der Waals surface area (Å²) in [7, 11) is 1.66. The van der Waals surface area contributed by atoms with Gasteiger partial charge in [-0.15, -0.1) is 11.3 Å². The van der Waals surface area contributed by atoms with Gasteiger partial charge < -0.3 is 14.8 Å². The van der Waals surface area contributed by atoms with E-state index < -0.39 is 0 Å². The molecule has 7 heteroatoms. The molecule has 164 valence electrons. The number of nitrogens with one attached hydrogen (secondary N) is 1. The standard InChI is InChI=1S/C25H26N4O2S/c1-30-21-6-4-5-19(15-21)28-25-24-22(26-17-27-25)16-23(32-24)18-7-9-20(10-8-18)31-14-13-29-11-2-3-12-29/h4-10,15-17H,2-3,11-14H2,1H3,(H,26,27,28). The Kier molecular flexibility index (Phi) is 6.18. The maximum Gasteiger partial charge on any atom is 0.151 e. The summed E-state index contributed by atoms with van der Waals surface area (Å²) in [5.74, 6) is 2.51. The molecule has 1 saturated heterocycles.